The van der Waals surface area contributed by atoms with Crippen molar-refractivity contribution in [1.29, 1.82) is 0 Å². The van der Waals surface area contributed by atoms with Crippen LogP contribution in [-0.2, 0) is 11.3 Å². The van der Waals surface area contributed by atoms with Gasteiger partial charge in [0.05, 0.1) is 11.7 Å². The molecule has 2 saturated heterocycles. The molecular formula is C31H32F2N6O3S. The van der Waals surface area contributed by atoms with E-state index in [0.717, 1.165) is 36.5 Å². The molecule has 5 heterocycles. The zero-order valence-corrected chi connectivity index (χ0v) is 24.3. The summed E-state index contributed by atoms with van der Waals surface area (Å²) in [7, 11) is 0. The zero-order valence-electron chi connectivity index (χ0n) is 23.5. The molecule has 1 atom stereocenters. The van der Waals surface area contributed by atoms with E-state index in [2.05, 4.69) is 15.2 Å². The van der Waals surface area contributed by atoms with Crippen molar-refractivity contribution < 1.29 is 23.1 Å². The van der Waals surface area contributed by atoms with Crippen LogP contribution >= 0.6 is 11.3 Å². The van der Waals surface area contributed by atoms with Gasteiger partial charge in [0, 0.05) is 62.5 Å². The van der Waals surface area contributed by atoms with Gasteiger partial charge in [0.25, 0.3) is 11.8 Å². The van der Waals surface area contributed by atoms with E-state index >= 15 is 0 Å². The molecule has 2 amide bonds. The third-order valence-electron chi connectivity index (χ3n) is 7.92. The van der Waals surface area contributed by atoms with E-state index in [1.165, 1.54) is 23.6 Å². The quantitative estimate of drug-likeness (QED) is 0.255. The van der Waals surface area contributed by atoms with Gasteiger partial charge in [-0.2, -0.15) is 4.39 Å². The number of nitrogens with zero attached hydrogens (tertiary/aromatic N) is 5. The number of anilines is 2. The Kier molecular flexibility index (Phi) is 8.64. The first-order valence-electron chi connectivity index (χ1n) is 14.4. The first-order valence-corrected chi connectivity index (χ1v) is 15.2. The van der Waals surface area contributed by atoms with E-state index in [9.17, 15) is 18.4 Å². The number of thiazole rings is 1. The van der Waals surface area contributed by atoms with Crippen LogP contribution in [0, 0.1) is 5.95 Å². The monoisotopic (exact) mass is 606 g/mol. The van der Waals surface area contributed by atoms with Crippen LogP contribution in [0.4, 0.5) is 19.6 Å². The fourth-order valence-electron chi connectivity index (χ4n) is 5.75. The smallest absolute Gasteiger partial charge is 0.274 e. The number of hydrogen-bond acceptors (Lipinski definition) is 7. The highest BCUT2D eigenvalue weighted by atomic mass is 32.1. The third-order valence-corrected chi connectivity index (χ3v) is 8.70. The van der Waals surface area contributed by atoms with E-state index in [0.29, 0.717) is 48.9 Å². The molecule has 1 N–H and O–H groups in total. The van der Waals surface area contributed by atoms with Crippen molar-refractivity contribution in [2.24, 2.45) is 0 Å². The summed E-state index contributed by atoms with van der Waals surface area (Å²) in [6, 6.07) is 14.7. The highest BCUT2D eigenvalue weighted by Crippen LogP contribution is 2.38. The molecule has 0 radical (unpaired) electrons. The van der Waals surface area contributed by atoms with Crippen molar-refractivity contribution in [3.8, 4) is 5.75 Å². The first-order chi connectivity index (χ1) is 21.0. The number of benzene rings is 1. The molecule has 0 saturated carbocycles. The number of ether oxygens (including phenoxy) is 1. The highest BCUT2D eigenvalue weighted by Gasteiger charge is 2.29. The maximum Gasteiger partial charge on any atom is 0.274 e. The van der Waals surface area contributed by atoms with E-state index < -0.39 is 18.5 Å². The predicted octanol–water partition coefficient (Wildman–Crippen LogP) is 5.46. The van der Waals surface area contributed by atoms with E-state index in [1.807, 2.05) is 29.6 Å². The highest BCUT2D eigenvalue weighted by molar-refractivity contribution is 7.14. The number of pyridine rings is 1. The molecule has 2 aliphatic heterocycles. The van der Waals surface area contributed by atoms with Crippen LogP contribution in [-0.4, -0.2) is 63.7 Å². The average Bonchev–Trinajstić information content (AvgIpc) is 3.79. The summed E-state index contributed by atoms with van der Waals surface area (Å²) in [5.74, 6) is -0.520. The number of likely N-dealkylation sites (tertiary alicyclic amines) is 1. The van der Waals surface area contributed by atoms with Crippen LogP contribution in [0.1, 0.15) is 53.5 Å². The number of rotatable bonds is 9. The van der Waals surface area contributed by atoms with Gasteiger partial charge >= 0.3 is 0 Å². The Hall–Kier alpha value is -4.32. The lowest BCUT2D eigenvalue weighted by molar-refractivity contribution is -0.133. The number of aromatic nitrogens is 3. The van der Waals surface area contributed by atoms with Crippen LogP contribution in [0.15, 0.2) is 66.3 Å². The summed E-state index contributed by atoms with van der Waals surface area (Å²) in [6.45, 7) is 1.31. The van der Waals surface area contributed by atoms with Gasteiger partial charge in [0.1, 0.15) is 17.5 Å². The molecule has 0 aliphatic carbocycles. The van der Waals surface area contributed by atoms with Crippen LogP contribution in [0.5, 0.6) is 5.75 Å². The van der Waals surface area contributed by atoms with Crippen LogP contribution in [0.2, 0.25) is 0 Å². The number of piperidine rings is 1. The van der Waals surface area contributed by atoms with Gasteiger partial charge in [-0.05, 0) is 66.9 Å². The van der Waals surface area contributed by atoms with Crippen molar-refractivity contribution in [1.82, 2.24) is 19.4 Å². The van der Waals surface area contributed by atoms with Gasteiger partial charge < -0.3 is 19.1 Å². The molecule has 1 aromatic carbocycles. The standard InChI is InChI=1S/C31H32F2N6O3S/c32-18-29(40)37-15-10-24(11-16-37)42-23-7-5-22(6-8-23)39-14-2-3-26(39)25-20-43-31(35-25)36-30(41)27-4-1-13-38(27)19-21-9-12-34-28(33)17-21/h1,4-9,12-13,17,20,24,26H,2-3,10-11,14-16,18-19H2,(H,35,36,41). The number of carbonyl (C=O) groups excluding carboxylic acids is 2. The molecule has 2 fully saturated rings. The molecule has 3 aromatic heterocycles. The fraction of sp³-hybridized carbons (Fsp3) is 0.355. The number of amides is 2. The largest absolute Gasteiger partial charge is 0.490 e. The second kappa shape index (κ2) is 12.9. The van der Waals surface area contributed by atoms with E-state index in [-0.39, 0.29) is 18.1 Å². The Bertz CT molecular complexity index is 1570. The second-order valence-corrected chi connectivity index (χ2v) is 11.6. The Morgan fingerprint density at radius 2 is 1.88 bits per heavy atom. The minimum Gasteiger partial charge on any atom is -0.490 e. The number of hydrogen-bond donors (Lipinski definition) is 1. The molecule has 2 aliphatic rings. The lowest BCUT2D eigenvalue weighted by Gasteiger charge is -2.31. The van der Waals surface area contributed by atoms with E-state index in [4.69, 9.17) is 9.72 Å². The fourth-order valence-corrected chi connectivity index (χ4v) is 6.50. The molecule has 0 bridgehead atoms. The van der Waals surface area contributed by atoms with Gasteiger partial charge in [-0.3, -0.25) is 14.9 Å². The minimum atomic E-state index is -0.951. The Labute approximate surface area is 252 Å². The summed E-state index contributed by atoms with van der Waals surface area (Å²) in [5, 5.41) is 5.45. The second-order valence-electron chi connectivity index (χ2n) is 10.7. The number of nitrogens with one attached hydrogen (secondary N) is 1. The SMILES string of the molecule is O=C(Nc1nc(C2CCCN2c2ccc(OC3CCN(C(=O)CF)CC3)cc2)cs1)c1cccn1Cc1ccnc(F)c1. The van der Waals surface area contributed by atoms with Gasteiger partial charge in [-0.15, -0.1) is 11.3 Å². The van der Waals surface area contributed by atoms with Crippen molar-refractivity contribution in [2.45, 2.75) is 44.4 Å². The topological polar surface area (TPSA) is 92.6 Å². The van der Waals surface area contributed by atoms with Crippen molar-refractivity contribution in [2.75, 3.05) is 36.5 Å². The van der Waals surface area contributed by atoms with Crippen LogP contribution in [0.25, 0.3) is 0 Å². The number of alkyl halides is 1. The molecule has 9 nitrogen and oxygen atoms in total. The average molecular weight is 607 g/mol. The lowest BCUT2D eigenvalue weighted by Crippen LogP contribution is -2.42. The number of halogens is 2. The summed E-state index contributed by atoms with van der Waals surface area (Å²) < 4.78 is 34.1. The molecule has 4 aromatic rings. The van der Waals surface area contributed by atoms with Crippen molar-refractivity contribution >= 4 is 34.0 Å². The van der Waals surface area contributed by atoms with Gasteiger partial charge in [-0.25, -0.2) is 14.4 Å². The minimum absolute atomic E-state index is 0.000762. The third kappa shape index (κ3) is 6.69. The van der Waals surface area contributed by atoms with Gasteiger partial charge in [-0.1, -0.05) is 0 Å². The first kappa shape index (κ1) is 28.8. The molecule has 12 heteroatoms. The molecular weight excluding hydrogens is 574 g/mol. The van der Waals surface area contributed by atoms with Gasteiger partial charge in [0.2, 0.25) is 5.95 Å². The van der Waals surface area contributed by atoms with Crippen molar-refractivity contribution in [3.05, 3.63) is 89.2 Å². The van der Waals surface area contributed by atoms with Crippen LogP contribution < -0.4 is 15.0 Å². The summed E-state index contributed by atoms with van der Waals surface area (Å²) >= 11 is 1.39. The maximum atomic E-state index is 13.5. The maximum absolute atomic E-state index is 13.5. The number of carbonyl (C=O) groups is 2. The predicted molar refractivity (Wildman–Crippen MR) is 160 cm³/mol. The molecule has 43 heavy (non-hydrogen) atoms. The lowest BCUT2D eigenvalue weighted by atomic mass is 10.1. The summed E-state index contributed by atoms with van der Waals surface area (Å²) in [6.07, 6.45) is 6.54. The molecule has 1 unspecified atom stereocenters. The Morgan fingerprint density at radius 3 is 2.65 bits per heavy atom. The Balaban J connectivity index is 1.06. The summed E-state index contributed by atoms with van der Waals surface area (Å²) in [4.78, 5) is 36.9. The zero-order chi connectivity index (χ0) is 29.8. The molecule has 0 spiro atoms. The Morgan fingerprint density at radius 1 is 1.07 bits per heavy atom. The molecule has 6 rings (SSSR count). The summed E-state index contributed by atoms with van der Waals surface area (Å²) in [5.41, 5.74) is 3.15. The van der Waals surface area contributed by atoms with E-state index in [1.54, 1.807) is 33.9 Å². The van der Waals surface area contributed by atoms with Crippen LogP contribution in [0.3, 0.4) is 0 Å². The normalized spacial score (nSPS) is 17.3. The van der Waals surface area contributed by atoms with Gasteiger partial charge in [0.15, 0.2) is 11.8 Å². The van der Waals surface area contributed by atoms with Crippen molar-refractivity contribution in [3.63, 3.8) is 0 Å². The molecule has 224 valence electrons.